The van der Waals surface area contributed by atoms with E-state index >= 15 is 0 Å². The third-order valence-corrected chi connectivity index (χ3v) is 4.10. The number of hydrogen-bond acceptors (Lipinski definition) is 4. The number of hydrogen-bond donors (Lipinski definition) is 2. The van der Waals surface area contributed by atoms with Crippen molar-refractivity contribution in [2.45, 2.75) is 5.25 Å². The lowest BCUT2D eigenvalue weighted by Crippen LogP contribution is -2.32. The first-order chi connectivity index (χ1) is 8.56. The van der Waals surface area contributed by atoms with Crippen molar-refractivity contribution in [2.24, 2.45) is 0 Å². The number of benzene rings is 1. The second-order valence-corrected chi connectivity index (χ2v) is 6.00. The average molecular weight is 307 g/mol. The Morgan fingerprint density at radius 2 is 2.22 bits per heavy atom. The number of rotatable bonds is 4. The Labute approximate surface area is 119 Å². The molecule has 1 aromatic rings. The first kappa shape index (κ1) is 13.8. The minimum atomic E-state index is -0.136. The van der Waals surface area contributed by atoms with E-state index in [0.717, 1.165) is 0 Å². The van der Waals surface area contributed by atoms with E-state index in [9.17, 15) is 4.79 Å². The molecule has 3 N–H and O–H groups in total. The van der Waals surface area contributed by atoms with Crippen LogP contribution in [-0.4, -0.2) is 30.1 Å². The van der Waals surface area contributed by atoms with Gasteiger partial charge in [-0.3, -0.25) is 4.79 Å². The Balaban J connectivity index is 1.93. The van der Waals surface area contributed by atoms with Gasteiger partial charge < -0.3 is 15.8 Å². The van der Waals surface area contributed by atoms with E-state index in [-0.39, 0.29) is 5.91 Å². The standard InChI is InChI=1S/C11H12Cl2N2O2S/c12-6-1-8(13)11(9(14)2-6)15-10(16)5-18-7-3-17-4-7/h1-2,7H,3-5,14H2,(H,15,16). The molecule has 1 fully saturated rings. The van der Waals surface area contributed by atoms with Crippen LogP contribution < -0.4 is 11.1 Å². The van der Waals surface area contributed by atoms with Crippen LogP contribution in [0.4, 0.5) is 11.4 Å². The fourth-order valence-electron chi connectivity index (χ4n) is 1.40. The molecule has 4 nitrogen and oxygen atoms in total. The van der Waals surface area contributed by atoms with Crippen molar-refractivity contribution < 1.29 is 9.53 Å². The van der Waals surface area contributed by atoms with Crippen molar-refractivity contribution in [3.8, 4) is 0 Å². The lowest BCUT2D eigenvalue weighted by molar-refractivity contribution is -0.113. The highest BCUT2D eigenvalue weighted by molar-refractivity contribution is 8.00. The van der Waals surface area contributed by atoms with E-state index in [2.05, 4.69) is 5.32 Å². The SMILES string of the molecule is Nc1cc(Cl)cc(Cl)c1NC(=O)CSC1COC1. The fourth-order valence-corrected chi connectivity index (χ4v) is 2.81. The summed E-state index contributed by atoms with van der Waals surface area (Å²) >= 11 is 13.3. The average Bonchev–Trinajstić information content (AvgIpc) is 2.21. The quantitative estimate of drug-likeness (QED) is 0.839. The summed E-state index contributed by atoms with van der Waals surface area (Å²) < 4.78 is 5.03. The lowest BCUT2D eigenvalue weighted by Gasteiger charge is -2.24. The molecule has 0 bridgehead atoms. The number of carbonyl (C=O) groups is 1. The zero-order chi connectivity index (χ0) is 13.1. The molecule has 18 heavy (non-hydrogen) atoms. The van der Waals surface area contributed by atoms with E-state index in [0.29, 0.717) is 45.6 Å². The molecule has 0 radical (unpaired) electrons. The highest BCUT2D eigenvalue weighted by Gasteiger charge is 2.20. The maximum Gasteiger partial charge on any atom is 0.234 e. The molecule has 0 aromatic heterocycles. The van der Waals surface area contributed by atoms with Crippen molar-refractivity contribution in [1.82, 2.24) is 0 Å². The molecule has 1 heterocycles. The van der Waals surface area contributed by atoms with Crippen LogP contribution in [-0.2, 0) is 9.53 Å². The van der Waals surface area contributed by atoms with Crippen LogP contribution in [0.25, 0.3) is 0 Å². The first-order valence-electron chi connectivity index (χ1n) is 5.30. The molecule has 0 saturated carbocycles. The van der Waals surface area contributed by atoms with Gasteiger partial charge in [0.15, 0.2) is 0 Å². The summed E-state index contributed by atoms with van der Waals surface area (Å²) in [4.78, 5) is 11.7. The van der Waals surface area contributed by atoms with Crippen LogP contribution in [0.5, 0.6) is 0 Å². The van der Waals surface area contributed by atoms with Crippen molar-refractivity contribution in [3.63, 3.8) is 0 Å². The number of anilines is 2. The van der Waals surface area contributed by atoms with E-state index in [1.807, 2.05) is 0 Å². The van der Waals surface area contributed by atoms with Crippen LogP contribution in [0.2, 0.25) is 10.0 Å². The summed E-state index contributed by atoms with van der Waals surface area (Å²) in [5.74, 6) is 0.217. The minimum absolute atomic E-state index is 0.136. The predicted molar refractivity (Wildman–Crippen MR) is 76.6 cm³/mol. The fraction of sp³-hybridized carbons (Fsp3) is 0.364. The minimum Gasteiger partial charge on any atom is -0.397 e. The highest BCUT2D eigenvalue weighted by Crippen LogP contribution is 2.32. The van der Waals surface area contributed by atoms with Gasteiger partial charge in [0.05, 0.1) is 40.6 Å². The maximum absolute atomic E-state index is 11.7. The second-order valence-electron chi connectivity index (χ2n) is 3.87. The zero-order valence-corrected chi connectivity index (χ0v) is 11.7. The van der Waals surface area contributed by atoms with Gasteiger partial charge in [0.1, 0.15) is 0 Å². The topological polar surface area (TPSA) is 64.3 Å². The van der Waals surface area contributed by atoms with Crippen molar-refractivity contribution in [3.05, 3.63) is 22.2 Å². The van der Waals surface area contributed by atoms with Gasteiger partial charge in [-0.1, -0.05) is 23.2 Å². The van der Waals surface area contributed by atoms with Gasteiger partial charge in [-0.25, -0.2) is 0 Å². The number of nitrogens with two attached hydrogens (primary N) is 1. The molecule has 0 spiro atoms. The third kappa shape index (κ3) is 3.45. The molecule has 1 aromatic carbocycles. The Bertz CT molecular complexity index is 443. The number of carbonyl (C=O) groups excluding carboxylic acids is 1. The first-order valence-corrected chi connectivity index (χ1v) is 7.10. The molecule has 0 atom stereocenters. The molecule has 2 rings (SSSR count). The molecule has 1 saturated heterocycles. The normalized spacial score (nSPS) is 15.2. The molecule has 98 valence electrons. The van der Waals surface area contributed by atoms with E-state index in [1.54, 1.807) is 23.9 Å². The molecule has 1 aliphatic heterocycles. The summed E-state index contributed by atoms with van der Waals surface area (Å²) in [5.41, 5.74) is 6.53. The summed E-state index contributed by atoms with van der Waals surface area (Å²) in [5, 5.41) is 3.88. The lowest BCUT2D eigenvalue weighted by atomic mass is 10.2. The van der Waals surface area contributed by atoms with Crippen molar-refractivity contribution in [1.29, 1.82) is 0 Å². The summed E-state index contributed by atoms with van der Waals surface area (Å²) in [7, 11) is 0. The van der Waals surface area contributed by atoms with Crippen LogP contribution in [0.1, 0.15) is 0 Å². The number of ether oxygens (including phenoxy) is 1. The molecule has 1 aliphatic rings. The van der Waals surface area contributed by atoms with Gasteiger partial charge >= 0.3 is 0 Å². The molecular formula is C11H12Cl2N2O2S. The Kier molecular flexibility index (Phi) is 4.61. The molecular weight excluding hydrogens is 295 g/mol. The largest absolute Gasteiger partial charge is 0.397 e. The van der Waals surface area contributed by atoms with E-state index < -0.39 is 0 Å². The van der Waals surface area contributed by atoms with Crippen molar-refractivity contribution in [2.75, 3.05) is 30.0 Å². The Morgan fingerprint density at radius 1 is 1.50 bits per heavy atom. The van der Waals surface area contributed by atoms with Crippen LogP contribution in [0.15, 0.2) is 12.1 Å². The zero-order valence-electron chi connectivity index (χ0n) is 9.41. The van der Waals surface area contributed by atoms with Gasteiger partial charge in [0.2, 0.25) is 5.91 Å². The smallest absolute Gasteiger partial charge is 0.234 e. The Hall–Kier alpha value is -0.620. The summed E-state index contributed by atoms with van der Waals surface area (Å²) in [6, 6.07) is 3.10. The Morgan fingerprint density at radius 3 is 2.78 bits per heavy atom. The molecule has 0 aliphatic carbocycles. The van der Waals surface area contributed by atoms with E-state index in [4.69, 9.17) is 33.7 Å². The van der Waals surface area contributed by atoms with Crippen LogP contribution >= 0.6 is 35.0 Å². The molecule has 7 heteroatoms. The maximum atomic E-state index is 11.7. The van der Waals surface area contributed by atoms with Gasteiger partial charge in [0, 0.05) is 5.02 Å². The third-order valence-electron chi connectivity index (χ3n) is 2.41. The predicted octanol–water partition coefficient (Wildman–Crippen LogP) is 2.65. The number of nitrogens with one attached hydrogen (secondary N) is 1. The van der Waals surface area contributed by atoms with Gasteiger partial charge in [-0.2, -0.15) is 0 Å². The van der Waals surface area contributed by atoms with Gasteiger partial charge in [0.25, 0.3) is 0 Å². The molecule has 1 amide bonds. The second kappa shape index (κ2) is 6.02. The number of halogens is 2. The number of nitrogen functional groups attached to an aromatic ring is 1. The number of amides is 1. The summed E-state index contributed by atoms with van der Waals surface area (Å²) in [6.45, 7) is 1.42. The van der Waals surface area contributed by atoms with Crippen molar-refractivity contribution >= 4 is 52.2 Å². The van der Waals surface area contributed by atoms with Gasteiger partial charge in [-0.15, -0.1) is 11.8 Å². The van der Waals surface area contributed by atoms with Crippen LogP contribution in [0, 0.1) is 0 Å². The monoisotopic (exact) mass is 306 g/mol. The van der Waals surface area contributed by atoms with E-state index in [1.165, 1.54) is 0 Å². The number of thioether (sulfide) groups is 1. The van der Waals surface area contributed by atoms with Crippen LogP contribution in [0.3, 0.4) is 0 Å². The molecule has 0 unspecified atom stereocenters. The van der Waals surface area contributed by atoms with Gasteiger partial charge in [-0.05, 0) is 12.1 Å². The summed E-state index contributed by atoms with van der Waals surface area (Å²) in [6.07, 6.45) is 0. The highest BCUT2D eigenvalue weighted by atomic mass is 35.5.